The van der Waals surface area contributed by atoms with Crippen molar-refractivity contribution in [3.63, 3.8) is 0 Å². The number of rotatable bonds is 14. The van der Waals surface area contributed by atoms with E-state index in [1.165, 1.54) is 0 Å². The Labute approximate surface area is 233 Å². The average molecular weight is 547 g/mol. The lowest BCUT2D eigenvalue weighted by Gasteiger charge is -2.09. The van der Waals surface area contributed by atoms with Crippen LogP contribution < -0.4 is 21.3 Å². The Morgan fingerprint density at radius 3 is 1.12 bits per heavy atom. The molecule has 4 N–H and O–H groups in total. The molecule has 0 aliphatic carbocycles. The average Bonchev–Trinajstić information content (AvgIpc) is 2.98. The summed E-state index contributed by atoms with van der Waals surface area (Å²) in [5, 5.41) is 11.2. The van der Waals surface area contributed by atoms with Crippen LogP contribution in [0.15, 0.2) is 72.8 Å². The molecule has 210 valence electrons. The number of amides is 4. The molecule has 0 aliphatic rings. The number of ether oxygens (including phenoxy) is 2. The summed E-state index contributed by atoms with van der Waals surface area (Å²) in [6.45, 7) is 2.17. The van der Waals surface area contributed by atoms with Crippen LogP contribution in [0.1, 0.15) is 54.3 Å². The van der Waals surface area contributed by atoms with Gasteiger partial charge in [0.1, 0.15) is 0 Å². The zero-order valence-electron chi connectivity index (χ0n) is 22.6. The minimum absolute atomic E-state index is 0.196. The van der Waals surface area contributed by atoms with Crippen molar-refractivity contribution in [3.05, 3.63) is 95.1 Å². The molecule has 4 amide bonds. The van der Waals surface area contributed by atoms with Gasteiger partial charge in [-0.05, 0) is 85.6 Å². The third-order valence-electron chi connectivity index (χ3n) is 5.84. The fourth-order valence-electron chi connectivity index (χ4n) is 3.63. The van der Waals surface area contributed by atoms with E-state index < -0.39 is 0 Å². The van der Waals surface area contributed by atoms with Crippen LogP contribution in [0.3, 0.4) is 0 Å². The van der Waals surface area contributed by atoms with E-state index in [0.717, 1.165) is 12.8 Å². The Hall–Kier alpha value is -4.54. The van der Waals surface area contributed by atoms with E-state index in [1.807, 2.05) is 0 Å². The van der Waals surface area contributed by atoms with Crippen molar-refractivity contribution < 1.29 is 28.7 Å². The molecule has 0 saturated heterocycles. The normalized spacial score (nSPS) is 10.4. The summed E-state index contributed by atoms with van der Waals surface area (Å²) >= 11 is 0. The highest BCUT2D eigenvalue weighted by atomic mass is 16.5. The predicted molar refractivity (Wildman–Crippen MR) is 153 cm³/mol. The first kappa shape index (κ1) is 30.0. The summed E-state index contributed by atoms with van der Waals surface area (Å²) in [7, 11) is 3.22. The van der Waals surface area contributed by atoms with Crippen molar-refractivity contribution >= 4 is 35.0 Å². The Bertz CT molecular complexity index is 1170. The highest BCUT2D eigenvalue weighted by molar-refractivity contribution is 6.07. The van der Waals surface area contributed by atoms with Crippen molar-refractivity contribution in [3.8, 4) is 0 Å². The lowest BCUT2D eigenvalue weighted by Crippen LogP contribution is -2.25. The number of hydrogen-bond donors (Lipinski definition) is 4. The van der Waals surface area contributed by atoms with Gasteiger partial charge >= 0.3 is 0 Å². The molecule has 3 aromatic rings. The molecule has 0 aromatic heterocycles. The van der Waals surface area contributed by atoms with Crippen molar-refractivity contribution in [2.45, 2.75) is 12.8 Å². The summed E-state index contributed by atoms with van der Waals surface area (Å²) < 4.78 is 9.92. The van der Waals surface area contributed by atoms with Gasteiger partial charge in [-0.25, -0.2) is 0 Å². The van der Waals surface area contributed by atoms with E-state index in [0.29, 0.717) is 59.9 Å². The van der Waals surface area contributed by atoms with Gasteiger partial charge in [0.05, 0.1) is 0 Å². The highest BCUT2D eigenvalue weighted by Gasteiger charge is 2.12. The van der Waals surface area contributed by atoms with Gasteiger partial charge in [-0.1, -0.05) is 0 Å². The van der Waals surface area contributed by atoms with E-state index >= 15 is 0 Å². The standard InChI is InChI=1S/C30H34N4O6/c1-39-19-3-17-31-27(35)21-9-13-25(14-10-21)33-29(37)23-5-7-24(8-6-23)30(38)34-26-15-11-22(12-16-26)28(36)32-18-4-20-40-2/h5-16H,3-4,17-20H2,1-2H3,(H,31,35)(H,32,36)(H,33,37)(H,34,38). The van der Waals surface area contributed by atoms with Crippen LogP contribution in [0.2, 0.25) is 0 Å². The van der Waals surface area contributed by atoms with E-state index in [-0.39, 0.29) is 23.6 Å². The molecule has 10 heteroatoms. The topological polar surface area (TPSA) is 135 Å². The number of carbonyl (C=O) groups excluding carboxylic acids is 4. The van der Waals surface area contributed by atoms with Crippen LogP contribution in [0.5, 0.6) is 0 Å². The molecule has 0 atom stereocenters. The molecule has 0 aliphatic heterocycles. The van der Waals surface area contributed by atoms with E-state index in [2.05, 4.69) is 21.3 Å². The lowest BCUT2D eigenvalue weighted by molar-refractivity contribution is 0.0940. The largest absolute Gasteiger partial charge is 0.385 e. The third-order valence-corrected chi connectivity index (χ3v) is 5.84. The minimum atomic E-state index is -0.347. The van der Waals surface area contributed by atoms with Crippen LogP contribution in [-0.2, 0) is 9.47 Å². The SMILES string of the molecule is COCCCNC(=O)c1ccc(NC(=O)c2ccc(C(=O)Nc3ccc(C(=O)NCCCOC)cc3)cc2)cc1. The van der Waals surface area contributed by atoms with Crippen LogP contribution >= 0.6 is 0 Å². The highest BCUT2D eigenvalue weighted by Crippen LogP contribution is 2.15. The maximum atomic E-state index is 12.7. The third kappa shape index (κ3) is 9.33. The molecule has 40 heavy (non-hydrogen) atoms. The molecule has 0 unspecified atom stereocenters. The summed E-state index contributed by atoms with van der Waals surface area (Å²) in [4.78, 5) is 49.6. The number of nitrogens with one attached hydrogen (secondary N) is 4. The number of carbonyl (C=O) groups is 4. The van der Waals surface area contributed by atoms with E-state index in [1.54, 1.807) is 87.0 Å². The monoisotopic (exact) mass is 546 g/mol. The zero-order valence-corrected chi connectivity index (χ0v) is 22.6. The fraction of sp³-hybridized carbons (Fsp3) is 0.267. The van der Waals surface area contributed by atoms with Gasteiger partial charge < -0.3 is 30.7 Å². The van der Waals surface area contributed by atoms with Crippen molar-refractivity contribution in [1.29, 1.82) is 0 Å². The van der Waals surface area contributed by atoms with Gasteiger partial charge in [0.15, 0.2) is 0 Å². The smallest absolute Gasteiger partial charge is 0.255 e. The molecular formula is C30H34N4O6. The Balaban J connectivity index is 1.49. The molecule has 10 nitrogen and oxygen atoms in total. The molecule has 3 rings (SSSR count). The zero-order chi connectivity index (χ0) is 28.7. The first-order chi connectivity index (χ1) is 19.4. The fourth-order valence-corrected chi connectivity index (χ4v) is 3.63. The first-order valence-corrected chi connectivity index (χ1v) is 12.9. The van der Waals surface area contributed by atoms with Crippen molar-refractivity contribution in [2.24, 2.45) is 0 Å². The second-order valence-electron chi connectivity index (χ2n) is 8.84. The van der Waals surface area contributed by atoms with Gasteiger partial charge in [-0.3, -0.25) is 19.2 Å². The molecule has 0 heterocycles. The lowest BCUT2D eigenvalue weighted by atomic mass is 10.1. The Morgan fingerprint density at radius 1 is 0.500 bits per heavy atom. The summed E-state index contributed by atoms with van der Waals surface area (Å²) in [6.07, 6.45) is 1.45. The number of anilines is 2. The van der Waals surface area contributed by atoms with Gasteiger partial charge in [0.25, 0.3) is 23.6 Å². The molecule has 3 aromatic carbocycles. The molecule has 0 spiro atoms. The van der Waals surface area contributed by atoms with Crippen LogP contribution in [0.25, 0.3) is 0 Å². The summed E-state index contributed by atoms with van der Waals surface area (Å²) in [5.41, 5.74) is 2.79. The summed E-state index contributed by atoms with van der Waals surface area (Å²) in [5.74, 6) is -1.09. The Morgan fingerprint density at radius 2 is 0.800 bits per heavy atom. The van der Waals surface area contributed by atoms with Crippen molar-refractivity contribution in [1.82, 2.24) is 10.6 Å². The molecule has 0 bridgehead atoms. The van der Waals surface area contributed by atoms with Gasteiger partial charge in [0.2, 0.25) is 0 Å². The second-order valence-corrected chi connectivity index (χ2v) is 8.84. The molecule has 0 fully saturated rings. The minimum Gasteiger partial charge on any atom is -0.385 e. The maximum absolute atomic E-state index is 12.7. The number of hydrogen-bond acceptors (Lipinski definition) is 6. The quantitative estimate of drug-likeness (QED) is 0.228. The van der Waals surface area contributed by atoms with Gasteiger partial charge in [-0.15, -0.1) is 0 Å². The molecule has 0 saturated carbocycles. The predicted octanol–water partition coefficient (Wildman–Crippen LogP) is 3.72. The van der Waals surface area contributed by atoms with Crippen LogP contribution in [0, 0.1) is 0 Å². The second kappa shape index (κ2) is 15.8. The first-order valence-electron chi connectivity index (χ1n) is 12.9. The van der Waals surface area contributed by atoms with Crippen molar-refractivity contribution in [2.75, 3.05) is 51.2 Å². The van der Waals surface area contributed by atoms with Crippen LogP contribution in [-0.4, -0.2) is 64.2 Å². The molecule has 0 radical (unpaired) electrons. The Kier molecular flexibility index (Phi) is 11.8. The van der Waals surface area contributed by atoms with E-state index in [9.17, 15) is 19.2 Å². The van der Waals surface area contributed by atoms with E-state index in [4.69, 9.17) is 9.47 Å². The summed E-state index contributed by atoms with van der Waals surface area (Å²) in [6, 6.07) is 19.4. The molecular weight excluding hydrogens is 512 g/mol. The van der Waals surface area contributed by atoms with Crippen LogP contribution in [0.4, 0.5) is 11.4 Å². The number of benzene rings is 3. The number of methoxy groups -OCH3 is 2. The van der Waals surface area contributed by atoms with Gasteiger partial charge in [0, 0.05) is 74.2 Å². The van der Waals surface area contributed by atoms with Gasteiger partial charge in [-0.2, -0.15) is 0 Å². The maximum Gasteiger partial charge on any atom is 0.255 e.